The van der Waals surface area contributed by atoms with Crippen LogP contribution in [0.1, 0.15) is 38.5 Å². The Hall–Kier alpha value is -2.00. The van der Waals surface area contributed by atoms with E-state index in [1.54, 1.807) is 31.6 Å². The minimum absolute atomic E-state index is 0.397. The maximum absolute atomic E-state index is 5.44. The quantitative estimate of drug-likeness (QED) is 0.345. The molecule has 0 spiro atoms. The highest BCUT2D eigenvalue weighted by atomic mass is 32.2. The Morgan fingerprint density at radius 3 is 2.58 bits per heavy atom. The molecule has 3 rings (SSSR count). The van der Waals surface area contributed by atoms with Crippen LogP contribution >= 0.6 is 24.0 Å². The number of methoxy groups -OCH3 is 1. The molecule has 0 bridgehead atoms. The molecule has 1 aliphatic rings. The van der Waals surface area contributed by atoms with Crippen LogP contribution in [0.3, 0.4) is 0 Å². The molecule has 2 heterocycles. The number of aromatic nitrogens is 4. The molecule has 1 saturated carbocycles. The van der Waals surface area contributed by atoms with E-state index in [0.717, 1.165) is 12.8 Å². The lowest BCUT2D eigenvalue weighted by atomic mass is 10.1. The van der Waals surface area contributed by atoms with E-state index in [2.05, 4.69) is 30.6 Å². The smallest absolute Gasteiger partial charge is 0.233 e. The Labute approximate surface area is 162 Å². The van der Waals surface area contributed by atoms with Gasteiger partial charge in [-0.1, -0.05) is 25.7 Å². The maximum atomic E-state index is 5.44. The molecular formula is C17H22N6OS2. The van der Waals surface area contributed by atoms with E-state index >= 15 is 0 Å². The van der Waals surface area contributed by atoms with Gasteiger partial charge in [-0.2, -0.15) is 4.98 Å². The standard InChI is InChI=1S/C17H22N6OS2/c1-24-13-11-14(26-17-18-9-6-10-19-17)22-15(21-13)23-16(25)20-12-7-4-2-3-5-8-12/h6,9-12H,2-5,7-8H2,1H3,(H2,20,21,22,23,25). The molecule has 0 atom stereocenters. The highest BCUT2D eigenvalue weighted by molar-refractivity contribution is 7.99. The second kappa shape index (κ2) is 9.63. The van der Waals surface area contributed by atoms with Gasteiger partial charge in [-0.25, -0.2) is 15.0 Å². The van der Waals surface area contributed by atoms with Crippen LogP contribution in [0.2, 0.25) is 0 Å². The Morgan fingerprint density at radius 1 is 1.15 bits per heavy atom. The van der Waals surface area contributed by atoms with E-state index in [9.17, 15) is 0 Å². The Balaban J connectivity index is 1.66. The van der Waals surface area contributed by atoms with Crippen molar-refractivity contribution in [2.75, 3.05) is 12.4 Å². The van der Waals surface area contributed by atoms with Crippen molar-refractivity contribution < 1.29 is 4.74 Å². The molecule has 0 aliphatic heterocycles. The summed E-state index contributed by atoms with van der Waals surface area (Å²) in [4.78, 5) is 17.2. The van der Waals surface area contributed by atoms with Gasteiger partial charge in [-0.15, -0.1) is 0 Å². The fourth-order valence-electron chi connectivity index (χ4n) is 2.80. The van der Waals surface area contributed by atoms with Gasteiger partial charge in [0.2, 0.25) is 11.8 Å². The Bertz CT molecular complexity index is 722. The number of rotatable bonds is 5. The second-order valence-corrected chi connectivity index (χ2v) is 7.39. The van der Waals surface area contributed by atoms with Crippen LogP contribution in [-0.2, 0) is 0 Å². The summed E-state index contributed by atoms with van der Waals surface area (Å²) in [5.41, 5.74) is 0. The molecule has 0 radical (unpaired) electrons. The van der Waals surface area contributed by atoms with Crippen molar-refractivity contribution in [2.24, 2.45) is 0 Å². The summed E-state index contributed by atoms with van der Waals surface area (Å²) < 4.78 is 5.27. The van der Waals surface area contributed by atoms with Crippen molar-refractivity contribution in [3.05, 3.63) is 24.5 Å². The molecule has 7 nitrogen and oxygen atoms in total. The molecule has 0 saturated heterocycles. The number of anilines is 1. The summed E-state index contributed by atoms with van der Waals surface area (Å²) in [6, 6.07) is 3.93. The molecule has 0 amide bonds. The van der Waals surface area contributed by atoms with Gasteiger partial charge >= 0.3 is 0 Å². The molecule has 9 heteroatoms. The highest BCUT2D eigenvalue weighted by Crippen LogP contribution is 2.26. The summed E-state index contributed by atoms with van der Waals surface area (Å²) in [5, 5.41) is 8.29. The SMILES string of the molecule is COc1cc(Sc2ncccn2)nc(NC(=S)NC2CCCCCC2)n1. The van der Waals surface area contributed by atoms with E-state index in [1.165, 1.54) is 37.4 Å². The first-order chi connectivity index (χ1) is 12.7. The first kappa shape index (κ1) is 18.8. The molecule has 138 valence electrons. The zero-order chi connectivity index (χ0) is 18.2. The van der Waals surface area contributed by atoms with E-state index in [4.69, 9.17) is 17.0 Å². The van der Waals surface area contributed by atoms with Crippen molar-refractivity contribution in [1.82, 2.24) is 25.3 Å². The average molecular weight is 391 g/mol. The third kappa shape index (κ3) is 5.77. The molecule has 2 N–H and O–H groups in total. The highest BCUT2D eigenvalue weighted by Gasteiger charge is 2.14. The molecule has 2 aromatic rings. The summed E-state index contributed by atoms with van der Waals surface area (Å²) in [6.45, 7) is 0. The molecule has 1 fully saturated rings. The fraction of sp³-hybridized carbons (Fsp3) is 0.471. The van der Waals surface area contributed by atoms with Crippen LogP contribution in [0.4, 0.5) is 5.95 Å². The lowest BCUT2D eigenvalue weighted by molar-refractivity contribution is 0.396. The Kier molecular flexibility index (Phi) is 6.96. The topological polar surface area (TPSA) is 84.9 Å². The zero-order valence-corrected chi connectivity index (χ0v) is 16.3. The van der Waals surface area contributed by atoms with E-state index in [-0.39, 0.29) is 0 Å². The van der Waals surface area contributed by atoms with Crippen LogP contribution in [0.25, 0.3) is 0 Å². The van der Waals surface area contributed by atoms with Crippen LogP contribution in [0.5, 0.6) is 5.88 Å². The van der Waals surface area contributed by atoms with Crippen molar-refractivity contribution in [3.63, 3.8) is 0 Å². The van der Waals surface area contributed by atoms with Gasteiger partial charge in [0.05, 0.1) is 7.11 Å². The lowest BCUT2D eigenvalue weighted by Crippen LogP contribution is -2.37. The monoisotopic (exact) mass is 390 g/mol. The predicted octanol–water partition coefficient (Wildman–Crippen LogP) is 3.44. The number of hydrogen-bond donors (Lipinski definition) is 2. The van der Waals surface area contributed by atoms with Crippen LogP contribution in [-0.4, -0.2) is 38.2 Å². The summed E-state index contributed by atoms with van der Waals surface area (Å²) >= 11 is 6.78. The zero-order valence-electron chi connectivity index (χ0n) is 14.6. The van der Waals surface area contributed by atoms with E-state index < -0.39 is 0 Å². The van der Waals surface area contributed by atoms with Crippen LogP contribution in [0.15, 0.2) is 34.7 Å². The summed E-state index contributed by atoms with van der Waals surface area (Å²) in [7, 11) is 1.57. The first-order valence-electron chi connectivity index (χ1n) is 8.68. The number of hydrogen-bond acceptors (Lipinski definition) is 7. The van der Waals surface area contributed by atoms with E-state index in [0.29, 0.717) is 33.2 Å². The summed E-state index contributed by atoms with van der Waals surface area (Å²) in [5.74, 6) is 0.854. The van der Waals surface area contributed by atoms with Gasteiger partial charge in [-0.3, -0.25) is 0 Å². The van der Waals surface area contributed by atoms with Crippen molar-refractivity contribution >= 4 is 35.0 Å². The van der Waals surface area contributed by atoms with Crippen LogP contribution < -0.4 is 15.4 Å². The van der Waals surface area contributed by atoms with Gasteiger partial charge < -0.3 is 15.4 Å². The normalized spacial score (nSPS) is 15.1. The van der Waals surface area contributed by atoms with Crippen molar-refractivity contribution in [2.45, 2.75) is 54.7 Å². The molecule has 0 aromatic carbocycles. The van der Waals surface area contributed by atoms with Gasteiger partial charge in [0, 0.05) is 24.5 Å². The largest absolute Gasteiger partial charge is 0.481 e. The molecule has 2 aromatic heterocycles. The third-order valence-electron chi connectivity index (χ3n) is 4.04. The van der Waals surface area contributed by atoms with Gasteiger partial charge in [0.25, 0.3) is 0 Å². The summed E-state index contributed by atoms with van der Waals surface area (Å²) in [6.07, 6.45) is 10.8. The van der Waals surface area contributed by atoms with Crippen LogP contribution in [0, 0.1) is 0 Å². The van der Waals surface area contributed by atoms with Crippen molar-refractivity contribution in [3.8, 4) is 5.88 Å². The van der Waals surface area contributed by atoms with Gasteiger partial charge in [0.15, 0.2) is 10.3 Å². The molecule has 1 aliphatic carbocycles. The lowest BCUT2D eigenvalue weighted by Gasteiger charge is -2.18. The number of thiocarbonyl (C=S) groups is 1. The molecule has 0 unspecified atom stereocenters. The van der Waals surface area contributed by atoms with E-state index in [1.807, 2.05) is 0 Å². The maximum Gasteiger partial charge on any atom is 0.233 e. The van der Waals surface area contributed by atoms with Gasteiger partial charge in [0.1, 0.15) is 5.03 Å². The second-order valence-electron chi connectivity index (χ2n) is 5.99. The van der Waals surface area contributed by atoms with Crippen molar-refractivity contribution in [1.29, 1.82) is 0 Å². The van der Waals surface area contributed by atoms with Gasteiger partial charge in [-0.05, 0) is 42.9 Å². The minimum Gasteiger partial charge on any atom is -0.481 e. The Morgan fingerprint density at radius 2 is 1.88 bits per heavy atom. The molecular weight excluding hydrogens is 368 g/mol. The minimum atomic E-state index is 0.397. The first-order valence-corrected chi connectivity index (χ1v) is 9.91. The predicted molar refractivity (Wildman–Crippen MR) is 106 cm³/mol. The number of nitrogens with zero attached hydrogens (tertiary/aromatic N) is 4. The number of ether oxygens (including phenoxy) is 1. The molecule has 26 heavy (non-hydrogen) atoms. The third-order valence-corrected chi connectivity index (χ3v) is 5.07. The number of nitrogens with one attached hydrogen (secondary N) is 2. The average Bonchev–Trinajstić information content (AvgIpc) is 2.91. The fourth-order valence-corrected chi connectivity index (χ4v) is 3.76.